The van der Waals surface area contributed by atoms with Gasteiger partial charge in [0.2, 0.25) is 0 Å². The molecular weight excluding hydrogens is 471 g/mol. The lowest BCUT2D eigenvalue weighted by molar-refractivity contribution is -0.384. The molecule has 0 atom stereocenters. The SMILES string of the molecule is O=C(NCCn1ncc2c(=O)n(Cc3ccc([N+](=O)[O-])cc3)cnc21)c1cc(Cl)cc(Cl)c1. The monoisotopic (exact) mass is 486 g/mol. The second kappa shape index (κ2) is 9.39. The second-order valence-electron chi connectivity index (χ2n) is 7.12. The van der Waals surface area contributed by atoms with Crippen molar-refractivity contribution in [1.29, 1.82) is 0 Å². The summed E-state index contributed by atoms with van der Waals surface area (Å²) in [6, 6.07) is 10.5. The van der Waals surface area contributed by atoms with E-state index in [-0.39, 0.29) is 30.2 Å². The van der Waals surface area contributed by atoms with E-state index in [1.54, 1.807) is 12.1 Å². The van der Waals surface area contributed by atoms with E-state index in [1.165, 1.54) is 52.1 Å². The largest absolute Gasteiger partial charge is 0.350 e. The Morgan fingerprint density at radius 1 is 1.12 bits per heavy atom. The van der Waals surface area contributed by atoms with Crippen LogP contribution in [0.1, 0.15) is 15.9 Å². The molecule has 2 heterocycles. The summed E-state index contributed by atoms with van der Waals surface area (Å²) in [5, 5.41) is 18.8. The number of carbonyl (C=O) groups excluding carboxylic acids is 1. The number of halogens is 2. The maximum Gasteiger partial charge on any atom is 0.269 e. The van der Waals surface area contributed by atoms with Crippen LogP contribution in [0.3, 0.4) is 0 Å². The van der Waals surface area contributed by atoms with E-state index in [4.69, 9.17) is 23.2 Å². The van der Waals surface area contributed by atoms with Gasteiger partial charge in [-0.05, 0) is 23.8 Å². The van der Waals surface area contributed by atoms with Crippen molar-refractivity contribution in [3.8, 4) is 0 Å². The Morgan fingerprint density at radius 3 is 2.48 bits per heavy atom. The van der Waals surface area contributed by atoms with E-state index in [0.717, 1.165) is 5.56 Å². The van der Waals surface area contributed by atoms with E-state index in [2.05, 4.69) is 15.4 Å². The van der Waals surface area contributed by atoms with Gasteiger partial charge in [0.05, 0.1) is 24.2 Å². The highest BCUT2D eigenvalue weighted by Crippen LogP contribution is 2.19. The van der Waals surface area contributed by atoms with E-state index in [9.17, 15) is 19.7 Å². The average molecular weight is 487 g/mol. The number of aromatic nitrogens is 4. The highest BCUT2D eigenvalue weighted by Gasteiger charge is 2.12. The summed E-state index contributed by atoms with van der Waals surface area (Å²) in [6.45, 7) is 0.749. The predicted molar refractivity (Wildman–Crippen MR) is 123 cm³/mol. The molecule has 0 aliphatic rings. The number of fused-ring (bicyclic) bond motifs is 1. The molecule has 0 aliphatic heterocycles. The zero-order chi connectivity index (χ0) is 23.5. The van der Waals surface area contributed by atoms with Crippen LogP contribution in [0.15, 0.2) is 59.8 Å². The predicted octanol–water partition coefficient (Wildman–Crippen LogP) is 3.29. The number of nitrogens with one attached hydrogen (secondary N) is 1. The molecule has 1 N–H and O–H groups in total. The summed E-state index contributed by atoms with van der Waals surface area (Å²) in [4.78, 5) is 39.8. The average Bonchev–Trinajstić information content (AvgIpc) is 3.19. The van der Waals surface area contributed by atoms with E-state index < -0.39 is 4.92 Å². The van der Waals surface area contributed by atoms with Crippen molar-refractivity contribution in [2.75, 3.05) is 6.54 Å². The minimum absolute atomic E-state index is 0.0218. The van der Waals surface area contributed by atoms with Gasteiger partial charge in [-0.1, -0.05) is 35.3 Å². The summed E-state index contributed by atoms with van der Waals surface area (Å²) in [5.41, 5.74) is 1.14. The molecule has 0 bridgehead atoms. The molecule has 0 aliphatic carbocycles. The van der Waals surface area contributed by atoms with Crippen molar-refractivity contribution in [3.63, 3.8) is 0 Å². The van der Waals surface area contributed by atoms with Crippen LogP contribution in [0.25, 0.3) is 11.0 Å². The van der Waals surface area contributed by atoms with Crippen molar-refractivity contribution in [3.05, 3.63) is 96.6 Å². The summed E-state index contributed by atoms with van der Waals surface area (Å²) >= 11 is 11.9. The topological polar surface area (TPSA) is 125 Å². The van der Waals surface area contributed by atoms with Crippen molar-refractivity contribution in [1.82, 2.24) is 24.6 Å². The number of amides is 1. The summed E-state index contributed by atoms with van der Waals surface area (Å²) < 4.78 is 2.93. The Morgan fingerprint density at radius 2 is 1.82 bits per heavy atom. The van der Waals surface area contributed by atoms with Gasteiger partial charge in [0.15, 0.2) is 5.65 Å². The first kappa shape index (κ1) is 22.4. The lowest BCUT2D eigenvalue weighted by Gasteiger charge is -2.08. The standard InChI is InChI=1S/C21H16Cl2N6O4/c22-15-7-14(8-16(23)9-15)20(30)24-5-6-28-19-18(10-26-28)21(31)27(12-25-19)11-13-1-3-17(4-2-13)29(32)33/h1-4,7-10,12H,5-6,11H2,(H,24,30). The van der Waals surface area contributed by atoms with Crippen molar-refractivity contribution < 1.29 is 9.72 Å². The third kappa shape index (κ3) is 5.02. The van der Waals surface area contributed by atoms with E-state index >= 15 is 0 Å². The van der Waals surface area contributed by atoms with Gasteiger partial charge >= 0.3 is 0 Å². The first-order chi connectivity index (χ1) is 15.8. The Balaban J connectivity index is 1.45. The van der Waals surface area contributed by atoms with Crippen LogP contribution in [0.2, 0.25) is 10.0 Å². The molecule has 0 unspecified atom stereocenters. The number of hydrogen-bond acceptors (Lipinski definition) is 6. The molecule has 2 aromatic heterocycles. The third-order valence-electron chi connectivity index (χ3n) is 4.86. The van der Waals surface area contributed by atoms with Gasteiger partial charge in [-0.25, -0.2) is 9.67 Å². The normalized spacial score (nSPS) is 11.0. The zero-order valence-electron chi connectivity index (χ0n) is 16.9. The molecule has 0 fully saturated rings. The number of benzene rings is 2. The molecule has 2 aromatic carbocycles. The van der Waals surface area contributed by atoms with Crippen LogP contribution in [0.5, 0.6) is 0 Å². The molecule has 0 saturated carbocycles. The Kier molecular flexibility index (Phi) is 6.38. The van der Waals surface area contributed by atoms with Gasteiger partial charge in [0.1, 0.15) is 11.7 Å². The van der Waals surface area contributed by atoms with Crippen LogP contribution in [-0.2, 0) is 13.1 Å². The Labute approximate surface area is 196 Å². The first-order valence-electron chi connectivity index (χ1n) is 9.70. The van der Waals surface area contributed by atoms with Gasteiger partial charge in [0, 0.05) is 34.3 Å². The molecule has 4 aromatic rings. The fourth-order valence-electron chi connectivity index (χ4n) is 3.26. The van der Waals surface area contributed by atoms with E-state index in [0.29, 0.717) is 33.2 Å². The van der Waals surface area contributed by atoms with E-state index in [1.807, 2.05) is 0 Å². The van der Waals surface area contributed by atoms with Crippen molar-refractivity contribution in [2.45, 2.75) is 13.1 Å². The molecule has 0 radical (unpaired) electrons. The third-order valence-corrected chi connectivity index (χ3v) is 5.29. The lowest BCUT2D eigenvalue weighted by Crippen LogP contribution is -2.27. The number of rotatable bonds is 7. The fraction of sp³-hybridized carbons (Fsp3) is 0.143. The quantitative estimate of drug-likeness (QED) is 0.315. The molecule has 10 nitrogen and oxygen atoms in total. The number of hydrogen-bond donors (Lipinski definition) is 1. The molecule has 168 valence electrons. The van der Waals surface area contributed by atoms with Crippen LogP contribution in [-0.4, -0.2) is 36.7 Å². The Hall–Kier alpha value is -3.76. The molecule has 33 heavy (non-hydrogen) atoms. The number of carbonyl (C=O) groups is 1. The molecule has 4 rings (SSSR count). The van der Waals surface area contributed by atoms with Crippen molar-refractivity contribution in [2.24, 2.45) is 0 Å². The smallest absolute Gasteiger partial charge is 0.269 e. The van der Waals surface area contributed by atoms with Crippen LogP contribution >= 0.6 is 23.2 Å². The first-order valence-corrected chi connectivity index (χ1v) is 10.5. The van der Waals surface area contributed by atoms with Crippen LogP contribution in [0.4, 0.5) is 5.69 Å². The number of nitro benzene ring substituents is 1. The molecule has 1 amide bonds. The molecule has 0 spiro atoms. The summed E-state index contributed by atoms with van der Waals surface area (Å²) in [7, 11) is 0. The molecule has 0 saturated heterocycles. The van der Waals surface area contributed by atoms with Crippen LogP contribution < -0.4 is 10.9 Å². The number of nitrogens with zero attached hydrogens (tertiary/aromatic N) is 5. The minimum atomic E-state index is -0.482. The zero-order valence-corrected chi connectivity index (χ0v) is 18.5. The molecule has 12 heteroatoms. The van der Waals surface area contributed by atoms with Crippen molar-refractivity contribution >= 4 is 45.8 Å². The summed E-state index contributed by atoms with van der Waals surface area (Å²) in [6.07, 6.45) is 2.83. The fourth-order valence-corrected chi connectivity index (χ4v) is 3.78. The number of non-ortho nitro benzene ring substituents is 1. The van der Waals surface area contributed by atoms with Gasteiger partial charge in [0.25, 0.3) is 17.2 Å². The van der Waals surface area contributed by atoms with Gasteiger partial charge in [-0.3, -0.25) is 24.3 Å². The highest BCUT2D eigenvalue weighted by atomic mass is 35.5. The highest BCUT2D eigenvalue weighted by molar-refractivity contribution is 6.35. The van der Waals surface area contributed by atoms with Gasteiger partial charge in [-0.2, -0.15) is 5.10 Å². The Bertz CT molecular complexity index is 1390. The maximum absolute atomic E-state index is 12.8. The number of nitro groups is 1. The minimum Gasteiger partial charge on any atom is -0.350 e. The van der Waals surface area contributed by atoms with Crippen LogP contribution in [0, 0.1) is 10.1 Å². The second-order valence-corrected chi connectivity index (χ2v) is 7.99. The van der Waals surface area contributed by atoms with Gasteiger partial charge in [-0.15, -0.1) is 0 Å². The molecular formula is C21H16Cl2N6O4. The maximum atomic E-state index is 12.8. The lowest BCUT2D eigenvalue weighted by atomic mass is 10.2. The summed E-state index contributed by atoms with van der Waals surface area (Å²) in [5.74, 6) is -0.339. The van der Waals surface area contributed by atoms with Gasteiger partial charge < -0.3 is 5.32 Å².